The molecule has 34 heavy (non-hydrogen) atoms. The Kier molecular flexibility index (Phi) is 10.1. The fourth-order valence-corrected chi connectivity index (χ4v) is 8.53. The Morgan fingerprint density at radius 2 is 1.41 bits per heavy atom. The molecular formula is C24H38N2O6P2. The van der Waals surface area contributed by atoms with E-state index in [1.807, 2.05) is 52.0 Å². The summed E-state index contributed by atoms with van der Waals surface area (Å²) in [6, 6.07) is 7.73. The van der Waals surface area contributed by atoms with Crippen LogP contribution in [0.25, 0.3) is 10.9 Å². The van der Waals surface area contributed by atoms with Gasteiger partial charge in [-0.25, -0.2) is 0 Å². The Morgan fingerprint density at radius 3 is 1.97 bits per heavy atom. The van der Waals surface area contributed by atoms with E-state index >= 15 is 0 Å². The summed E-state index contributed by atoms with van der Waals surface area (Å²) in [4.78, 5) is 4.57. The van der Waals surface area contributed by atoms with Crippen LogP contribution in [0.5, 0.6) is 0 Å². The lowest BCUT2D eigenvalue weighted by molar-refractivity contribution is 0.188. The van der Waals surface area contributed by atoms with E-state index in [4.69, 9.17) is 18.1 Å². The largest absolute Gasteiger partial charge is 0.369 e. The van der Waals surface area contributed by atoms with Gasteiger partial charge in [0.15, 0.2) is 0 Å². The molecule has 0 fully saturated rings. The zero-order valence-electron chi connectivity index (χ0n) is 20.7. The van der Waals surface area contributed by atoms with Gasteiger partial charge in [-0.05, 0) is 43.7 Å². The van der Waals surface area contributed by atoms with Gasteiger partial charge < -0.3 is 23.4 Å². The molecule has 0 radical (unpaired) electrons. The van der Waals surface area contributed by atoms with Gasteiger partial charge in [0, 0.05) is 11.6 Å². The van der Waals surface area contributed by atoms with Crippen molar-refractivity contribution >= 4 is 31.8 Å². The first-order chi connectivity index (χ1) is 16.4. The minimum Gasteiger partial charge on any atom is -0.369 e. The summed E-state index contributed by atoms with van der Waals surface area (Å²) in [6.45, 7) is 9.08. The average Bonchev–Trinajstić information content (AvgIpc) is 2.87. The van der Waals surface area contributed by atoms with Crippen LogP contribution in [0, 0.1) is 0 Å². The van der Waals surface area contributed by atoms with E-state index in [-0.39, 0.29) is 6.42 Å². The molecule has 0 spiro atoms. The minimum atomic E-state index is -3.60. The average molecular weight is 513 g/mol. The van der Waals surface area contributed by atoms with Crippen LogP contribution in [-0.2, 0) is 27.2 Å². The van der Waals surface area contributed by atoms with Crippen LogP contribution in [0.2, 0.25) is 0 Å². The van der Waals surface area contributed by atoms with Gasteiger partial charge >= 0.3 is 15.2 Å². The Balaban J connectivity index is 2.14. The van der Waals surface area contributed by atoms with E-state index in [0.29, 0.717) is 63.3 Å². The van der Waals surface area contributed by atoms with Gasteiger partial charge in [-0.15, -0.1) is 0 Å². The Morgan fingerprint density at radius 1 is 0.853 bits per heavy atom. The molecule has 0 bridgehead atoms. The fraction of sp³-hybridized carbons (Fsp3) is 0.625. The second kappa shape index (κ2) is 12.6. The number of pyridine rings is 1. The van der Waals surface area contributed by atoms with Gasteiger partial charge in [0.05, 0.1) is 43.3 Å². The third kappa shape index (κ3) is 6.10. The lowest BCUT2D eigenvalue weighted by Crippen LogP contribution is -2.31. The molecule has 0 amide bonds. The number of aromatic nitrogens is 1. The van der Waals surface area contributed by atoms with Crippen LogP contribution in [0.3, 0.4) is 0 Å². The number of anilines is 1. The normalized spacial score (nSPS) is 18.6. The SMILES string of the molecule is CCCOP(=O)(OCCC)C1CC(P(=O)(OCCC)OCCC)c2ccc3cccnc3c2N1. The first kappa shape index (κ1) is 27.3. The van der Waals surface area contributed by atoms with Crippen molar-refractivity contribution in [3.63, 3.8) is 0 Å². The number of fused-ring (bicyclic) bond motifs is 3. The van der Waals surface area contributed by atoms with Crippen molar-refractivity contribution in [1.82, 2.24) is 4.98 Å². The molecule has 2 unspecified atom stereocenters. The highest BCUT2D eigenvalue weighted by Gasteiger charge is 2.49. The molecule has 8 nitrogen and oxygen atoms in total. The third-order valence-corrected chi connectivity index (χ3v) is 10.1. The Labute approximate surface area is 203 Å². The standard InChI is InChI=1S/C24H38N2O6P2/c1-5-14-29-33(27,30-15-6-2)21-18-22(34(28,31-16-7-3)32-17-8-4)26-24-20(21)12-11-19-10-9-13-25-23(19)24/h9-13,21-22,26H,5-8,14-18H2,1-4H3. The van der Waals surface area contributed by atoms with Crippen molar-refractivity contribution in [3.8, 4) is 0 Å². The number of benzene rings is 1. The summed E-state index contributed by atoms with van der Waals surface area (Å²) in [7, 11) is -7.19. The van der Waals surface area contributed by atoms with E-state index in [9.17, 15) is 9.13 Å². The second-order valence-corrected chi connectivity index (χ2v) is 12.9. The van der Waals surface area contributed by atoms with Crippen molar-refractivity contribution in [2.45, 2.75) is 71.2 Å². The summed E-state index contributed by atoms with van der Waals surface area (Å²) in [6.07, 6.45) is 4.77. The van der Waals surface area contributed by atoms with Gasteiger partial charge in [-0.1, -0.05) is 45.9 Å². The molecule has 1 aliphatic rings. The monoisotopic (exact) mass is 512 g/mol. The summed E-state index contributed by atoms with van der Waals surface area (Å²) < 4.78 is 51.8. The molecule has 0 saturated heterocycles. The van der Waals surface area contributed by atoms with Crippen LogP contribution in [0.4, 0.5) is 5.69 Å². The molecule has 2 atom stereocenters. The summed E-state index contributed by atoms with van der Waals surface area (Å²) in [5.41, 5.74) is 1.56. The van der Waals surface area contributed by atoms with Gasteiger partial charge in [0.2, 0.25) is 0 Å². The molecule has 1 aromatic heterocycles. The molecule has 1 aliphatic heterocycles. The number of nitrogens with zero attached hydrogens (tertiary/aromatic N) is 1. The van der Waals surface area contributed by atoms with E-state index in [2.05, 4.69) is 10.3 Å². The maximum atomic E-state index is 14.2. The van der Waals surface area contributed by atoms with E-state index in [1.54, 1.807) is 6.20 Å². The molecule has 3 rings (SSSR count). The molecule has 1 N–H and O–H groups in total. The molecule has 1 aromatic carbocycles. The Bertz CT molecular complexity index is 1010. The van der Waals surface area contributed by atoms with E-state index < -0.39 is 26.6 Å². The highest BCUT2D eigenvalue weighted by atomic mass is 31.2. The predicted molar refractivity (Wildman–Crippen MR) is 137 cm³/mol. The molecule has 2 heterocycles. The number of nitrogens with one attached hydrogen (secondary N) is 1. The first-order valence-electron chi connectivity index (χ1n) is 12.3. The maximum Gasteiger partial charge on any atom is 0.352 e. The predicted octanol–water partition coefficient (Wildman–Crippen LogP) is 7.51. The maximum absolute atomic E-state index is 14.2. The molecule has 190 valence electrons. The molecule has 2 aromatic rings. The van der Waals surface area contributed by atoms with Crippen molar-refractivity contribution in [2.75, 3.05) is 31.7 Å². The summed E-state index contributed by atoms with van der Waals surface area (Å²) in [5, 5.41) is 4.33. The summed E-state index contributed by atoms with van der Waals surface area (Å²) >= 11 is 0. The van der Waals surface area contributed by atoms with Crippen molar-refractivity contribution in [2.24, 2.45) is 0 Å². The van der Waals surface area contributed by atoms with Crippen molar-refractivity contribution in [3.05, 3.63) is 36.0 Å². The number of hydrogen-bond donors (Lipinski definition) is 1. The molecule has 0 saturated carbocycles. The topological polar surface area (TPSA) is 96.0 Å². The third-order valence-electron chi connectivity index (χ3n) is 5.59. The zero-order chi connectivity index (χ0) is 24.6. The lowest BCUT2D eigenvalue weighted by atomic mass is 10.00. The quantitative estimate of drug-likeness (QED) is 0.260. The van der Waals surface area contributed by atoms with Crippen molar-refractivity contribution < 1.29 is 27.2 Å². The molecule has 10 heteroatoms. The molecule has 0 aliphatic carbocycles. The first-order valence-corrected chi connectivity index (χ1v) is 15.6. The van der Waals surface area contributed by atoms with Crippen LogP contribution < -0.4 is 5.32 Å². The minimum absolute atomic E-state index is 0.237. The summed E-state index contributed by atoms with van der Waals surface area (Å²) in [5.74, 6) is -0.709. The fourth-order valence-electron chi connectivity index (χ4n) is 3.97. The smallest absolute Gasteiger partial charge is 0.352 e. The highest BCUT2D eigenvalue weighted by molar-refractivity contribution is 7.55. The highest BCUT2D eigenvalue weighted by Crippen LogP contribution is 2.69. The zero-order valence-corrected chi connectivity index (χ0v) is 22.5. The number of rotatable bonds is 14. The van der Waals surface area contributed by atoms with Crippen LogP contribution in [-0.4, -0.2) is 37.2 Å². The molecular weight excluding hydrogens is 474 g/mol. The van der Waals surface area contributed by atoms with Crippen LogP contribution in [0.1, 0.15) is 71.0 Å². The van der Waals surface area contributed by atoms with Gasteiger partial charge in [0.1, 0.15) is 5.78 Å². The Hall–Kier alpha value is -1.27. The van der Waals surface area contributed by atoms with Crippen molar-refractivity contribution in [1.29, 1.82) is 0 Å². The van der Waals surface area contributed by atoms with Gasteiger partial charge in [-0.3, -0.25) is 14.1 Å². The van der Waals surface area contributed by atoms with Crippen LogP contribution in [0.15, 0.2) is 30.5 Å². The number of hydrogen-bond acceptors (Lipinski definition) is 8. The van der Waals surface area contributed by atoms with Crippen LogP contribution >= 0.6 is 15.2 Å². The second-order valence-electron chi connectivity index (χ2n) is 8.43. The lowest BCUT2D eigenvalue weighted by Gasteiger charge is -2.38. The van der Waals surface area contributed by atoms with E-state index in [0.717, 1.165) is 10.9 Å². The van der Waals surface area contributed by atoms with Gasteiger partial charge in [0.25, 0.3) is 0 Å². The van der Waals surface area contributed by atoms with Gasteiger partial charge in [-0.2, -0.15) is 0 Å². The van der Waals surface area contributed by atoms with E-state index in [1.165, 1.54) is 0 Å².